The van der Waals surface area contributed by atoms with E-state index in [1.165, 1.54) is 13.8 Å². The van der Waals surface area contributed by atoms with E-state index < -0.39 is 30.4 Å². The lowest BCUT2D eigenvalue weighted by Crippen LogP contribution is -2.31. The van der Waals surface area contributed by atoms with E-state index in [0.717, 1.165) is 0 Å². The summed E-state index contributed by atoms with van der Waals surface area (Å²) in [5.74, 6) is -0.928. The minimum atomic E-state index is -0.616. The number of nitrogens with zero attached hydrogens (tertiary/aromatic N) is 2. The summed E-state index contributed by atoms with van der Waals surface area (Å²) in [5, 5.41) is 0.366. The summed E-state index contributed by atoms with van der Waals surface area (Å²) in [6.07, 6.45) is 0.226. The van der Waals surface area contributed by atoms with Crippen molar-refractivity contribution in [3.63, 3.8) is 0 Å². The molecule has 134 valence electrons. The zero-order chi connectivity index (χ0) is 18.1. The fraction of sp³-hybridized carbons (Fsp3) is 0.467. The van der Waals surface area contributed by atoms with E-state index in [-0.39, 0.29) is 18.1 Å². The summed E-state index contributed by atoms with van der Waals surface area (Å²) in [6, 6.07) is 1.60. The van der Waals surface area contributed by atoms with Crippen molar-refractivity contribution in [3.8, 4) is 0 Å². The molecule has 10 heteroatoms. The molecular weight excluding hydrogens is 332 g/mol. The number of aromatic amines is 1. The fourth-order valence-electron chi connectivity index (χ4n) is 2.85. The molecule has 0 aromatic carbocycles. The first-order valence-electron chi connectivity index (χ1n) is 7.67. The molecule has 1 saturated heterocycles. The Morgan fingerprint density at radius 2 is 2.20 bits per heavy atom. The number of carbonyl (C=O) groups excluding carboxylic acids is 2. The van der Waals surface area contributed by atoms with Crippen molar-refractivity contribution >= 4 is 28.9 Å². The Bertz CT molecular complexity index is 873. The number of aromatic nitrogens is 3. The van der Waals surface area contributed by atoms with Crippen molar-refractivity contribution in [2.24, 2.45) is 0 Å². The Labute approximate surface area is 141 Å². The third-order valence-electron chi connectivity index (χ3n) is 3.86. The second-order valence-corrected chi connectivity index (χ2v) is 5.73. The topological polar surface area (TPSA) is 139 Å². The molecule has 0 bridgehead atoms. The lowest BCUT2D eigenvalue weighted by molar-refractivity contribution is -0.155. The highest BCUT2D eigenvalue weighted by molar-refractivity contribution is 5.76. The van der Waals surface area contributed by atoms with E-state index in [4.69, 9.17) is 19.9 Å². The summed E-state index contributed by atoms with van der Waals surface area (Å²) in [6.45, 7) is 2.54. The molecule has 0 amide bonds. The highest BCUT2D eigenvalue weighted by Gasteiger charge is 2.39. The maximum Gasteiger partial charge on any atom is 0.303 e. The van der Waals surface area contributed by atoms with E-state index >= 15 is 0 Å². The van der Waals surface area contributed by atoms with Crippen LogP contribution < -0.4 is 11.3 Å². The average Bonchev–Trinajstić information content (AvgIpc) is 3.08. The number of carbonyl (C=O) groups is 2. The van der Waals surface area contributed by atoms with Gasteiger partial charge >= 0.3 is 11.9 Å². The van der Waals surface area contributed by atoms with Crippen LogP contribution in [0.1, 0.15) is 26.5 Å². The van der Waals surface area contributed by atoms with E-state index in [1.54, 1.807) is 16.8 Å². The van der Waals surface area contributed by atoms with Crippen LogP contribution in [0.4, 0.5) is 5.95 Å². The minimum absolute atomic E-state index is 0.0107. The van der Waals surface area contributed by atoms with Crippen molar-refractivity contribution in [1.29, 1.82) is 0 Å². The number of nitrogens with two attached hydrogens (primary N) is 1. The van der Waals surface area contributed by atoms with Gasteiger partial charge in [-0.3, -0.25) is 19.4 Å². The van der Waals surface area contributed by atoms with Gasteiger partial charge in [0.25, 0.3) is 5.56 Å². The van der Waals surface area contributed by atoms with Crippen LogP contribution in [0.15, 0.2) is 17.1 Å². The number of nitrogens with one attached hydrogen (secondary N) is 1. The second kappa shape index (κ2) is 6.55. The molecule has 0 saturated carbocycles. The lowest BCUT2D eigenvalue weighted by atomic mass is 10.2. The molecule has 3 rings (SSSR count). The van der Waals surface area contributed by atoms with Crippen molar-refractivity contribution in [3.05, 3.63) is 22.6 Å². The molecular formula is C15H18N4O6. The standard InChI is InChI=1S/C15H18N4O6/c1-7(20)23-6-11-10(24-8(2)21)5-12(25-11)19-4-3-9-13(19)17-15(16)18-14(9)22/h3-4,10-12H,5-6H2,1-2H3,(H3,16,17,18,22)/t10-,11+,12+/m0/s1. The van der Waals surface area contributed by atoms with Crippen LogP contribution in [0.5, 0.6) is 0 Å². The second-order valence-electron chi connectivity index (χ2n) is 5.73. The van der Waals surface area contributed by atoms with Crippen LogP contribution >= 0.6 is 0 Å². The molecule has 3 atom stereocenters. The quantitative estimate of drug-likeness (QED) is 0.740. The molecule has 0 radical (unpaired) electrons. The highest BCUT2D eigenvalue weighted by Crippen LogP contribution is 2.33. The molecule has 3 heterocycles. The van der Waals surface area contributed by atoms with E-state index in [2.05, 4.69) is 9.97 Å². The van der Waals surface area contributed by atoms with Gasteiger partial charge in [0, 0.05) is 26.5 Å². The van der Waals surface area contributed by atoms with Crippen LogP contribution in [0.2, 0.25) is 0 Å². The average molecular weight is 350 g/mol. The lowest BCUT2D eigenvalue weighted by Gasteiger charge is -2.17. The predicted molar refractivity (Wildman–Crippen MR) is 85.5 cm³/mol. The summed E-state index contributed by atoms with van der Waals surface area (Å²) >= 11 is 0. The van der Waals surface area contributed by atoms with Gasteiger partial charge in [-0.2, -0.15) is 4.98 Å². The number of H-pyrrole nitrogens is 1. The van der Waals surface area contributed by atoms with Gasteiger partial charge in [-0.15, -0.1) is 0 Å². The molecule has 2 aromatic heterocycles. The number of anilines is 1. The minimum Gasteiger partial charge on any atom is -0.463 e. The summed E-state index contributed by atoms with van der Waals surface area (Å²) in [5.41, 5.74) is 5.61. The predicted octanol–water partition coefficient (Wildman–Crippen LogP) is 0.0891. The van der Waals surface area contributed by atoms with Gasteiger partial charge in [0.15, 0.2) is 5.65 Å². The van der Waals surface area contributed by atoms with Gasteiger partial charge in [-0.25, -0.2) is 0 Å². The fourth-order valence-corrected chi connectivity index (χ4v) is 2.85. The van der Waals surface area contributed by atoms with Crippen molar-refractivity contribution < 1.29 is 23.8 Å². The first-order valence-corrected chi connectivity index (χ1v) is 7.67. The summed E-state index contributed by atoms with van der Waals surface area (Å²) in [7, 11) is 0. The SMILES string of the molecule is CC(=O)OC[C@H]1O[C@@H](n2ccc3c(=O)[nH]c(N)nc32)C[C@@H]1OC(C)=O. The van der Waals surface area contributed by atoms with Gasteiger partial charge in [0.2, 0.25) is 5.95 Å². The van der Waals surface area contributed by atoms with Gasteiger partial charge in [0.05, 0.1) is 5.39 Å². The Morgan fingerprint density at radius 1 is 1.44 bits per heavy atom. The van der Waals surface area contributed by atoms with Crippen molar-refractivity contribution in [2.75, 3.05) is 12.3 Å². The van der Waals surface area contributed by atoms with E-state index in [0.29, 0.717) is 17.5 Å². The Balaban J connectivity index is 1.89. The maximum absolute atomic E-state index is 11.9. The van der Waals surface area contributed by atoms with Crippen molar-refractivity contribution in [1.82, 2.24) is 14.5 Å². The molecule has 0 aliphatic carbocycles. The first kappa shape index (κ1) is 17.0. The zero-order valence-corrected chi connectivity index (χ0v) is 13.7. The molecule has 1 fully saturated rings. The Morgan fingerprint density at radius 3 is 2.88 bits per heavy atom. The normalized spacial score (nSPS) is 22.9. The van der Waals surface area contributed by atoms with Gasteiger partial charge < -0.3 is 24.5 Å². The van der Waals surface area contributed by atoms with Gasteiger partial charge in [-0.05, 0) is 6.07 Å². The number of hydrogen-bond donors (Lipinski definition) is 2. The number of nitrogen functional groups attached to an aromatic ring is 1. The van der Waals surface area contributed by atoms with Gasteiger partial charge in [-0.1, -0.05) is 0 Å². The third-order valence-corrected chi connectivity index (χ3v) is 3.86. The van der Waals surface area contributed by atoms with Crippen LogP contribution in [0.3, 0.4) is 0 Å². The third kappa shape index (κ3) is 3.48. The van der Waals surface area contributed by atoms with Gasteiger partial charge in [0.1, 0.15) is 25.0 Å². The molecule has 2 aromatic rings. The molecule has 0 spiro atoms. The molecule has 3 N–H and O–H groups in total. The molecule has 0 unspecified atom stereocenters. The largest absolute Gasteiger partial charge is 0.463 e. The Hall–Kier alpha value is -2.88. The summed E-state index contributed by atoms with van der Waals surface area (Å²) < 4.78 is 17.8. The molecule has 1 aliphatic heterocycles. The number of esters is 2. The van der Waals surface area contributed by atoms with Crippen molar-refractivity contribution in [2.45, 2.75) is 38.7 Å². The summed E-state index contributed by atoms with van der Waals surface area (Å²) in [4.78, 5) is 40.8. The molecule has 1 aliphatic rings. The van der Waals surface area contributed by atoms with Crippen LogP contribution in [-0.4, -0.2) is 45.3 Å². The monoisotopic (exact) mass is 350 g/mol. The number of ether oxygens (including phenoxy) is 3. The molecule has 10 nitrogen and oxygen atoms in total. The number of fused-ring (bicyclic) bond motifs is 1. The van der Waals surface area contributed by atoms with E-state index in [9.17, 15) is 14.4 Å². The van der Waals surface area contributed by atoms with Crippen LogP contribution in [0.25, 0.3) is 11.0 Å². The maximum atomic E-state index is 11.9. The number of hydrogen-bond acceptors (Lipinski definition) is 8. The van der Waals surface area contributed by atoms with E-state index in [1.807, 2.05) is 0 Å². The number of rotatable bonds is 4. The van der Waals surface area contributed by atoms with Crippen LogP contribution in [0, 0.1) is 0 Å². The zero-order valence-electron chi connectivity index (χ0n) is 13.7. The molecule has 25 heavy (non-hydrogen) atoms. The Kier molecular flexibility index (Phi) is 4.45. The smallest absolute Gasteiger partial charge is 0.303 e. The van der Waals surface area contributed by atoms with Crippen LogP contribution in [-0.2, 0) is 23.8 Å². The first-order chi connectivity index (χ1) is 11.8. The highest BCUT2D eigenvalue weighted by atomic mass is 16.6.